The number of aromatic nitrogens is 2. The zero-order valence-electron chi connectivity index (χ0n) is 20.0. The summed E-state index contributed by atoms with van der Waals surface area (Å²) in [5.74, 6) is 0.796. The SMILES string of the molecule is CCOc1cc(C(=O)Nc2ccc(S(=O)(=O)Nc3nccc(C)n3)cc2)cc(OCC)c1OCC. The van der Waals surface area contributed by atoms with Gasteiger partial charge in [0.05, 0.1) is 24.7 Å². The third kappa shape index (κ3) is 6.60. The lowest BCUT2D eigenvalue weighted by Gasteiger charge is -2.17. The van der Waals surface area contributed by atoms with E-state index in [-0.39, 0.29) is 10.8 Å². The van der Waals surface area contributed by atoms with Crippen molar-refractivity contribution < 1.29 is 27.4 Å². The number of anilines is 2. The summed E-state index contributed by atoms with van der Waals surface area (Å²) in [4.78, 5) is 20.9. The Bertz CT molecular complexity index is 1250. The van der Waals surface area contributed by atoms with E-state index < -0.39 is 15.9 Å². The van der Waals surface area contributed by atoms with Gasteiger partial charge in [-0.15, -0.1) is 0 Å². The Balaban J connectivity index is 1.80. The average Bonchev–Trinajstić information content (AvgIpc) is 2.81. The minimum atomic E-state index is -3.90. The maximum atomic E-state index is 12.9. The van der Waals surface area contributed by atoms with Gasteiger partial charge in [-0.25, -0.2) is 23.1 Å². The molecule has 0 spiro atoms. The van der Waals surface area contributed by atoms with Gasteiger partial charge in [-0.3, -0.25) is 4.79 Å². The first-order valence-corrected chi connectivity index (χ1v) is 12.6. The van der Waals surface area contributed by atoms with Crippen molar-refractivity contribution >= 4 is 27.6 Å². The molecule has 0 aliphatic heterocycles. The fourth-order valence-corrected chi connectivity index (χ4v) is 4.07. The van der Waals surface area contributed by atoms with E-state index >= 15 is 0 Å². The molecule has 1 amide bonds. The molecule has 3 rings (SSSR count). The van der Waals surface area contributed by atoms with Crippen LogP contribution in [0.4, 0.5) is 11.6 Å². The molecule has 186 valence electrons. The summed E-state index contributed by atoms with van der Waals surface area (Å²) < 4.78 is 44.6. The number of carbonyl (C=O) groups is 1. The Morgan fingerprint density at radius 1 is 0.914 bits per heavy atom. The van der Waals surface area contributed by atoms with Crippen LogP contribution < -0.4 is 24.2 Å². The van der Waals surface area contributed by atoms with Crippen molar-refractivity contribution in [3.63, 3.8) is 0 Å². The van der Waals surface area contributed by atoms with Gasteiger partial charge in [-0.1, -0.05) is 0 Å². The second-order valence-electron chi connectivity index (χ2n) is 7.21. The van der Waals surface area contributed by atoms with Crippen molar-refractivity contribution in [2.75, 3.05) is 29.9 Å². The maximum Gasteiger partial charge on any atom is 0.264 e. The first kappa shape index (κ1) is 25.8. The minimum Gasteiger partial charge on any atom is -0.490 e. The number of carbonyl (C=O) groups excluding carboxylic acids is 1. The zero-order chi connectivity index (χ0) is 25.4. The van der Waals surface area contributed by atoms with Crippen molar-refractivity contribution in [3.05, 3.63) is 59.9 Å². The molecule has 0 bridgehead atoms. The van der Waals surface area contributed by atoms with E-state index in [1.54, 1.807) is 25.1 Å². The summed E-state index contributed by atoms with van der Waals surface area (Å²) in [5, 5.41) is 2.75. The van der Waals surface area contributed by atoms with Gasteiger partial charge >= 0.3 is 0 Å². The maximum absolute atomic E-state index is 12.9. The second kappa shape index (κ2) is 11.5. The molecule has 0 saturated carbocycles. The van der Waals surface area contributed by atoms with Crippen LogP contribution in [-0.4, -0.2) is 44.1 Å². The van der Waals surface area contributed by atoms with E-state index in [1.807, 2.05) is 20.8 Å². The van der Waals surface area contributed by atoms with Crippen LogP contribution in [0.25, 0.3) is 0 Å². The van der Waals surface area contributed by atoms with Gasteiger partial charge in [-0.2, -0.15) is 0 Å². The van der Waals surface area contributed by atoms with Gasteiger partial charge in [-0.05, 0) is 70.2 Å². The van der Waals surface area contributed by atoms with Gasteiger partial charge in [0, 0.05) is 23.1 Å². The number of nitrogens with one attached hydrogen (secondary N) is 2. The minimum absolute atomic E-state index is 0.000985. The number of sulfonamides is 1. The van der Waals surface area contributed by atoms with E-state index in [0.29, 0.717) is 54.0 Å². The zero-order valence-corrected chi connectivity index (χ0v) is 20.8. The van der Waals surface area contributed by atoms with E-state index in [1.165, 1.54) is 30.5 Å². The van der Waals surface area contributed by atoms with Crippen molar-refractivity contribution in [1.29, 1.82) is 0 Å². The second-order valence-corrected chi connectivity index (χ2v) is 8.89. The number of benzene rings is 2. The molecule has 1 heterocycles. The van der Waals surface area contributed by atoms with E-state index in [2.05, 4.69) is 20.0 Å². The van der Waals surface area contributed by atoms with Gasteiger partial charge in [0.15, 0.2) is 11.5 Å². The molecule has 0 aliphatic rings. The molecular formula is C24H28N4O6S. The van der Waals surface area contributed by atoms with Crippen molar-refractivity contribution in [2.45, 2.75) is 32.6 Å². The number of rotatable bonds is 11. The Labute approximate surface area is 204 Å². The summed E-state index contributed by atoms with van der Waals surface area (Å²) >= 11 is 0. The van der Waals surface area contributed by atoms with Crippen LogP contribution in [0.3, 0.4) is 0 Å². The highest BCUT2D eigenvalue weighted by molar-refractivity contribution is 7.92. The van der Waals surface area contributed by atoms with Gasteiger partial charge in [0.1, 0.15) is 0 Å². The lowest BCUT2D eigenvalue weighted by atomic mass is 10.1. The molecule has 0 aliphatic carbocycles. The Hall–Kier alpha value is -3.86. The van der Waals surface area contributed by atoms with Crippen LogP contribution in [0.5, 0.6) is 17.2 Å². The van der Waals surface area contributed by atoms with Crippen LogP contribution in [0.1, 0.15) is 36.8 Å². The third-order valence-corrected chi connectivity index (χ3v) is 5.96. The number of aryl methyl sites for hydroxylation is 1. The Morgan fingerprint density at radius 2 is 1.51 bits per heavy atom. The molecular weight excluding hydrogens is 472 g/mol. The predicted molar refractivity (Wildman–Crippen MR) is 132 cm³/mol. The predicted octanol–water partition coefficient (Wildman–Crippen LogP) is 4.03. The molecule has 0 atom stereocenters. The third-order valence-electron chi connectivity index (χ3n) is 4.61. The first-order valence-electron chi connectivity index (χ1n) is 11.1. The highest BCUT2D eigenvalue weighted by Crippen LogP contribution is 2.39. The normalized spacial score (nSPS) is 11.0. The average molecular weight is 501 g/mol. The van der Waals surface area contributed by atoms with Gasteiger partial charge in [0.2, 0.25) is 11.7 Å². The molecule has 2 N–H and O–H groups in total. The molecule has 3 aromatic rings. The number of ether oxygens (including phenoxy) is 3. The summed E-state index contributed by atoms with van der Waals surface area (Å²) in [7, 11) is -3.90. The molecule has 0 saturated heterocycles. The van der Waals surface area contributed by atoms with Gasteiger partial charge in [0.25, 0.3) is 15.9 Å². The van der Waals surface area contributed by atoms with Crippen LogP contribution in [0.15, 0.2) is 53.6 Å². The number of hydrogen-bond acceptors (Lipinski definition) is 8. The summed E-state index contributed by atoms with van der Waals surface area (Å²) in [5.41, 5.74) is 1.34. The molecule has 2 aromatic carbocycles. The fourth-order valence-electron chi connectivity index (χ4n) is 3.12. The monoisotopic (exact) mass is 500 g/mol. The van der Waals surface area contributed by atoms with Gasteiger partial charge < -0.3 is 19.5 Å². The summed E-state index contributed by atoms with van der Waals surface area (Å²) in [6.07, 6.45) is 1.47. The van der Waals surface area contributed by atoms with Crippen LogP contribution in [-0.2, 0) is 10.0 Å². The standard InChI is InChI=1S/C24H28N4O6S/c1-5-32-20-14-17(15-21(33-6-2)22(20)34-7-3)23(29)27-18-8-10-19(11-9-18)35(30,31)28-24-25-13-12-16(4)26-24/h8-15H,5-7H2,1-4H3,(H,27,29)(H,25,26,28). The lowest BCUT2D eigenvalue weighted by molar-refractivity contribution is 0.102. The number of nitrogens with zero attached hydrogens (tertiary/aromatic N) is 2. The topological polar surface area (TPSA) is 129 Å². The summed E-state index contributed by atoms with van der Waals surface area (Å²) in [6.45, 7) is 8.42. The van der Waals surface area contributed by atoms with Crippen LogP contribution in [0, 0.1) is 6.92 Å². The molecule has 11 heteroatoms. The molecule has 35 heavy (non-hydrogen) atoms. The largest absolute Gasteiger partial charge is 0.490 e. The molecule has 0 radical (unpaired) electrons. The highest BCUT2D eigenvalue weighted by Gasteiger charge is 2.19. The number of amides is 1. The Morgan fingerprint density at radius 3 is 2.06 bits per heavy atom. The molecule has 10 nitrogen and oxygen atoms in total. The fraction of sp³-hybridized carbons (Fsp3) is 0.292. The van der Waals surface area contributed by atoms with Crippen molar-refractivity contribution in [1.82, 2.24) is 9.97 Å². The van der Waals surface area contributed by atoms with E-state index in [9.17, 15) is 13.2 Å². The quantitative estimate of drug-likeness (QED) is 0.404. The summed E-state index contributed by atoms with van der Waals surface area (Å²) in [6, 6.07) is 10.6. The van der Waals surface area contributed by atoms with Crippen LogP contribution >= 0.6 is 0 Å². The van der Waals surface area contributed by atoms with E-state index in [4.69, 9.17) is 14.2 Å². The first-order chi connectivity index (χ1) is 16.8. The smallest absolute Gasteiger partial charge is 0.264 e. The molecule has 1 aromatic heterocycles. The van der Waals surface area contributed by atoms with Crippen molar-refractivity contribution in [3.8, 4) is 17.2 Å². The molecule has 0 fully saturated rings. The van der Waals surface area contributed by atoms with E-state index in [0.717, 1.165) is 0 Å². The highest BCUT2D eigenvalue weighted by atomic mass is 32.2. The molecule has 0 unspecified atom stereocenters. The Kier molecular flexibility index (Phi) is 8.48. The number of hydrogen-bond donors (Lipinski definition) is 2. The lowest BCUT2D eigenvalue weighted by Crippen LogP contribution is -2.16. The van der Waals surface area contributed by atoms with Crippen molar-refractivity contribution in [2.24, 2.45) is 0 Å². The van der Waals surface area contributed by atoms with Crippen LogP contribution in [0.2, 0.25) is 0 Å².